The van der Waals surface area contributed by atoms with Crippen LogP contribution in [-0.4, -0.2) is 39.4 Å². The Hall–Kier alpha value is -4.98. The summed E-state index contributed by atoms with van der Waals surface area (Å²) in [5.74, 6) is -3.42. The van der Waals surface area contributed by atoms with Gasteiger partial charge in [-0.05, 0) is 108 Å². The molecule has 0 fully saturated rings. The van der Waals surface area contributed by atoms with Crippen LogP contribution in [0, 0.1) is 23.3 Å². The standard InChI is InChI=1S/C42H30Cl2F4O6P2/c1-51-37(49)23-53-41-33(43)19-21-35(55(29-11-3-25(45)4-12-29)30-13-5-26(46)6-14-30)39(41)40-36(22-20-34(44)42(40)54-24-38(50)52-2)56(31-15-7-27(47)8-16-31)32-17-9-28(48)10-18-32/h3-22H,23-24H2,1-2H3. The van der Waals surface area contributed by atoms with Gasteiger partial charge in [0.1, 0.15) is 34.8 Å². The number of carbonyl (C=O) groups excluding carboxylic acids is 2. The lowest BCUT2D eigenvalue weighted by molar-refractivity contribution is -0.143. The molecule has 14 heteroatoms. The largest absolute Gasteiger partial charge is 0.480 e. The summed E-state index contributed by atoms with van der Waals surface area (Å²) < 4.78 is 79.9. The van der Waals surface area contributed by atoms with E-state index in [-0.39, 0.29) is 32.7 Å². The zero-order chi connectivity index (χ0) is 39.9. The van der Waals surface area contributed by atoms with Gasteiger partial charge in [0.2, 0.25) is 0 Å². The number of carbonyl (C=O) groups is 2. The highest BCUT2D eigenvalue weighted by molar-refractivity contribution is 7.80. The first-order valence-corrected chi connectivity index (χ1v) is 20.1. The Bertz CT molecular complexity index is 2090. The molecule has 0 saturated carbocycles. The van der Waals surface area contributed by atoms with Gasteiger partial charge in [-0.3, -0.25) is 0 Å². The van der Waals surface area contributed by atoms with Crippen molar-refractivity contribution in [1.29, 1.82) is 0 Å². The Morgan fingerprint density at radius 2 is 0.732 bits per heavy atom. The topological polar surface area (TPSA) is 71.1 Å². The summed E-state index contributed by atoms with van der Waals surface area (Å²) in [6.45, 7) is -1.17. The van der Waals surface area contributed by atoms with Gasteiger partial charge in [0, 0.05) is 11.1 Å². The van der Waals surface area contributed by atoms with Crippen LogP contribution in [0.2, 0.25) is 10.0 Å². The molecule has 6 nitrogen and oxygen atoms in total. The van der Waals surface area contributed by atoms with Gasteiger partial charge in [0.15, 0.2) is 13.2 Å². The Morgan fingerprint density at radius 1 is 0.464 bits per heavy atom. The van der Waals surface area contributed by atoms with Crippen molar-refractivity contribution in [2.45, 2.75) is 0 Å². The number of rotatable bonds is 13. The maximum atomic E-state index is 14.4. The Labute approximate surface area is 332 Å². The molecule has 0 radical (unpaired) electrons. The third kappa shape index (κ3) is 9.17. The molecule has 0 unspecified atom stereocenters. The molecule has 286 valence electrons. The molecule has 0 heterocycles. The zero-order valence-corrected chi connectivity index (χ0v) is 32.9. The normalized spacial score (nSPS) is 11.1. The van der Waals surface area contributed by atoms with Crippen LogP contribution < -0.4 is 41.3 Å². The molecule has 0 aliphatic rings. The summed E-state index contributed by atoms with van der Waals surface area (Å²) in [5, 5.41) is 3.68. The molecule has 0 aliphatic carbocycles. The van der Waals surface area contributed by atoms with E-state index in [0.29, 0.717) is 31.8 Å². The number of hydrogen-bond donors (Lipinski definition) is 0. The van der Waals surface area contributed by atoms with E-state index in [0.717, 1.165) is 0 Å². The molecule has 0 amide bonds. The molecule has 0 bridgehead atoms. The van der Waals surface area contributed by atoms with Gasteiger partial charge in [-0.25, -0.2) is 27.2 Å². The smallest absolute Gasteiger partial charge is 0.343 e. The van der Waals surface area contributed by atoms with Crippen LogP contribution >= 0.6 is 39.0 Å². The van der Waals surface area contributed by atoms with E-state index in [1.807, 2.05) is 0 Å². The van der Waals surface area contributed by atoms with E-state index in [1.54, 1.807) is 72.8 Å². The maximum absolute atomic E-state index is 14.4. The summed E-state index contributed by atoms with van der Waals surface area (Å²) in [4.78, 5) is 25.2. The second-order valence-electron chi connectivity index (χ2n) is 11.8. The lowest BCUT2D eigenvalue weighted by Gasteiger charge is -2.29. The van der Waals surface area contributed by atoms with Crippen molar-refractivity contribution in [1.82, 2.24) is 0 Å². The summed E-state index contributed by atoms with van der Waals surface area (Å²) in [6.07, 6.45) is 0. The maximum Gasteiger partial charge on any atom is 0.343 e. The van der Waals surface area contributed by atoms with E-state index in [2.05, 4.69) is 0 Å². The second kappa shape index (κ2) is 18.3. The third-order valence-corrected chi connectivity index (χ3v) is 13.9. The quantitative estimate of drug-likeness (QED) is 0.0672. The predicted molar refractivity (Wildman–Crippen MR) is 214 cm³/mol. The minimum atomic E-state index is -1.74. The molecule has 0 aromatic heterocycles. The summed E-state index contributed by atoms with van der Waals surface area (Å²) in [5.41, 5.74) is 0.519. The molecule has 0 saturated heterocycles. The zero-order valence-electron chi connectivity index (χ0n) is 29.6. The molecular weight excluding hydrogens is 809 g/mol. The van der Waals surface area contributed by atoms with E-state index in [4.69, 9.17) is 42.1 Å². The van der Waals surface area contributed by atoms with Crippen LogP contribution in [0.3, 0.4) is 0 Å². The fraction of sp³-hybridized carbons (Fsp3) is 0.0952. The average molecular weight is 840 g/mol. The molecule has 0 spiro atoms. The number of ether oxygens (including phenoxy) is 4. The summed E-state index contributed by atoms with van der Waals surface area (Å²) in [7, 11) is -1.09. The van der Waals surface area contributed by atoms with Crippen molar-refractivity contribution in [2.75, 3.05) is 27.4 Å². The van der Waals surface area contributed by atoms with Crippen LogP contribution in [0.1, 0.15) is 0 Å². The van der Waals surface area contributed by atoms with E-state index >= 15 is 0 Å². The van der Waals surface area contributed by atoms with Crippen molar-refractivity contribution in [3.63, 3.8) is 0 Å². The van der Waals surface area contributed by atoms with Crippen molar-refractivity contribution < 1.29 is 46.1 Å². The number of hydrogen-bond acceptors (Lipinski definition) is 6. The monoisotopic (exact) mass is 838 g/mol. The fourth-order valence-electron chi connectivity index (χ4n) is 5.83. The van der Waals surface area contributed by atoms with Crippen molar-refractivity contribution in [3.05, 3.63) is 155 Å². The lowest BCUT2D eigenvalue weighted by atomic mass is 10.0. The van der Waals surface area contributed by atoms with Gasteiger partial charge >= 0.3 is 11.9 Å². The first-order valence-electron chi connectivity index (χ1n) is 16.7. The van der Waals surface area contributed by atoms with Crippen molar-refractivity contribution in [3.8, 4) is 22.6 Å². The second-order valence-corrected chi connectivity index (χ2v) is 17.0. The molecule has 56 heavy (non-hydrogen) atoms. The van der Waals surface area contributed by atoms with Crippen LogP contribution in [-0.2, 0) is 19.1 Å². The highest BCUT2D eigenvalue weighted by Crippen LogP contribution is 2.50. The van der Waals surface area contributed by atoms with Gasteiger partial charge in [0.25, 0.3) is 0 Å². The van der Waals surface area contributed by atoms with Crippen LogP contribution in [0.25, 0.3) is 11.1 Å². The van der Waals surface area contributed by atoms with Crippen LogP contribution in [0.4, 0.5) is 17.6 Å². The van der Waals surface area contributed by atoms with Gasteiger partial charge in [-0.2, -0.15) is 0 Å². The molecule has 0 atom stereocenters. The number of benzene rings is 6. The van der Waals surface area contributed by atoms with Gasteiger partial charge < -0.3 is 18.9 Å². The number of halogens is 6. The highest BCUT2D eigenvalue weighted by Gasteiger charge is 2.33. The van der Waals surface area contributed by atoms with Gasteiger partial charge in [0.05, 0.1) is 24.3 Å². The number of esters is 2. The third-order valence-electron chi connectivity index (χ3n) is 8.37. The molecule has 6 rings (SSSR count). The highest BCUT2D eigenvalue weighted by atomic mass is 35.5. The Kier molecular flexibility index (Phi) is 13.3. The van der Waals surface area contributed by atoms with E-state index in [1.165, 1.54) is 62.8 Å². The average Bonchev–Trinajstić information content (AvgIpc) is 3.20. The molecule has 6 aromatic rings. The van der Waals surface area contributed by atoms with E-state index < -0.39 is 64.3 Å². The van der Waals surface area contributed by atoms with E-state index in [9.17, 15) is 27.2 Å². The molecule has 0 N–H and O–H groups in total. The minimum Gasteiger partial charge on any atom is -0.480 e. The SMILES string of the molecule is COC(=O)COc1c(Cl)ccc(P(c2ccc(F)cc2)c2ccc(F)cc2)c1-c1c(P(c2ccc(F)cc2)c2ccc(F)cc2)ccc(Cl)c1OCC(=O)OC. The summed E-state index contributed by atoms with van der Waals surface area (Å²) in [6, 6.07) is 29.9. The predicted octanol–water partition coefficient (Wildman–Crippen LogP) is 7.84. The van der Waals surface area contributed by atoms with Crippen LogP contribution in [0.5, 0.6) is 11.5 Å². The Morgan fingerprint density at radius 3 is 0.982 bits per heavy atom. The molecular formula is C42H30Cl2F4O6P2. The lowest BCUT2D eigenvalue weighted by Crippen LogP contribution is -2.27. The Balaban J connectivity index is 1.78. The van der Waals surface area contributed by atoms with Gasteiger partial charge in [-0.1, -0.05) is 83.9 Å². The minimum absolute atomic E-state index is 0.00844. The molecule has 0 aliphatic heterocycles. The number of methoxy groups -OCH3 is 2. The van der Waals surface area contributed by atoms with Crippen LogP contribution in [0.15, 0.2) is 121 Å². The molecule has 6 aromatic carbocycles. The first kappa shape index (κ1) is 40.7. The van der Waals surface area contributed by atoms with Gasteiger partial charge in [-0.15, -0.1) is 0 Å². The summed E-state index contributed by atoms with van der Waals surface area (Å²) >= 11 is 13.9. The first-order chi connectivity index (χ1) is 27.0. The van der Waals surface area contributed by atoms with Crippen molar-refractivity contribution >= 4 is 82.8 Å². The fourth-order valence-corrected chi connectivity index (χ4v) is 11.1. The van der Waals surface area contributed by atoms with Crippen molar-refractivity contribution in [2.24, 2.45) is 0 Å².